The Hall–Kier alpha value is -6.24. The van der Waals surface area contributed by atoms with Crippen molar-refractivity contribution in [1.82, 2.24) is 16.0 Å². The maximum atomic E-state index is 12.2. The zero-order valence-electron chi connectivity index (χ0n) is 33.5. The number of fused-ring (bicyclic) bond motifs is 6. The average Bonchev–Trinajstić information content (AvgIpc) is 3.77. The lowest BCUT2D eigenvalue weighted by atomic mass is 9.98. The molecule has 0 bridgehead atoms. The molecule has 2 aliphatic carbocycles. The minimum absolute atomic E-state index is 0.0289. The normalized spacial score (nSPS) is 13.1. The predicted octanol–water partition coefficient (Wildman–Crippen LogP) is 6.98. The molecule has 2 aliphatic rings. The first kappa shape index (κ1) is 43.9. The number of nitrogens with two attached hydrogens (primary N) is 1. The number of likely N-dealkylation sites (N-methyl/N-ethyl adjacent to an activating group) is 1. The summed E-state index contributed by atoms with van der Waals surface area (Å²) in [7, 11) is 1.71. The SMILES string of the molecule is C=CCOC(=O)[C@@H](N)CCCNC(=O)OCC1c2ccccc2-c2ccccc21.C=CCOC(=O)[C@H](CCCNC(=O)OCC1c2ccccc2-c2ccccc21)NC. The third kappa shape index (κ3) is 11.9. The number of benzene rings is 4. The van der Waals surface area contributed by atoms with Crippen LogP contribution in [0.1, 0.15) is 59.8 Å². The highest BCUT2D eigenvalue weighted by Gasteiger charge is 2.30. The van der Waals surface area contributed by atoms with Crippen LogP contribution in [-0.2, 0) is 28.5 Å². The highest BCUT2D eigenvalue weighted by atomic mass is 16.6. The van der Waals surface area contributed by atoms with Crippen molar-refractivity contribution in [3.8, 4) is 22.3 Å². The molecule has 0 spiro atoms. The predicted molar refractivity (Wildman–Crippen MR) is 228 cm³/mol. The maximum Gasteiger partial charge on any atom is 0.407 e. The highest BCUT2D eigenvalue weighted by molar-refractivity contribution is 5.80. The van der Waals surface area contributed by atoms with Crippen molar-refractivity contribution in [3.63, 3.8) is 0 Å². The van der Waals surface area contributed by atoms with Gasteiger partial charge in [-0.3, -0.25) is 9.59 Å². The molecule has 4 aromatic rings. The fourth-order valence-electron chi connectivity index (χ4n) is 7.30. The van der Waals surface area contributed by atoms with Crippen LogP contribution in [0.15, 0.2) is 122 Å². The van der Waals surface area contributed by atoms with Crippen LogP contribution < -0.4 is 21.7 Å². The van der Waals surface area contributed by atoms with Gasteiger partial charge in [-0.15, -0.1) is 0 Å². The van der Waals surface area contributed by atoms with E-state index in [1.165, 1.54) is 56.7 Å². The monoisotopic (exact) mass is 802 g/mol. The Bertz CT molecular complexity index is 1980. The molecule has 0 unspecified atom stereocenters. The maximum absolute atomic E-state index is 12.2. The lowest BCUT2D eigenvalue weighted by Gasteiger charge is -2.16. The van der Waals surface area contributed by atoms with Crippen LogP contribution in [0.5, 0.6) is 0 Å². The summed E-state index contributed by atoms with van der Waals surface area (Å²) in [5, 5.41) is 8.39. The van der Waals surface area contributed by atoms with Crippen LogP contribution in [0.25, 0.3) is 22.3 Å². The largest absolute Gasteiger partial charge is 0.460 e. The number of hydrogen-bond donors (Lipinski definition) is 4. The van der Waals surface area contributed by atoms with Crippen LogP contribution in [0.4, 0.5) is 9.59 Å². The molecule has 4 aromatic carbocycles. The lowest BCUT2D eigenvalue weighted by Crippen LogP contribution is -2.36. The third-order valence-electron chi connectivity index (χ3n) is 10.2. The standard InChI is InChI=1S/C24H28N2O4.C23H26N2O4/c1-3-15-29-23(27)22(25-2)13-8-14-26-24(28)30-16-21-19-11-6-4-9-17(19)18-10-5-7-12-20(18)21;1-2-14-28-22(26)21(24)12-7-13-25-23(27)29-15-20-18-10-5-3-8-16(18)17-9-4-6-11-19(17)20/h3-7,9-12,21-22,25H,1,8,13-16H2,2H3,(H,26,28);2-6,8-11,20-21H,1,7,12-15,24H2,(H,25,27)/t22-;21-/m00/s1. The number of carbonyl (C=O) groups excluding carboxylic acids is 4. The first-order valence-corrected chi connectivity index (χ1v) is 19.9. The van der Waals surface area contributed by atoms with Crippen molar-refractivity contribution in [2.24, 2.45) is 5.73 Å². The van der Waals surface area contributed by atoms with Crippen LogP contribution >= 0.6 is 0 Å². The van der Waals surface area contributed by atoms with Gasteiger partial charge in [-0.25, -0.2) is 9.59 Å². The van der Waals surface area contributed by atoms with Gasteiger partial charge in [0.05, 0.1) is 0 Å². The summed E-state index contributed by atoms with van der Waals surface area (Å²) in [6, 6.07) is 31.7. The number of rotatable bonds is 19. The van der Waals surface area contributed by atoms with Gasteiger partial charge in [0.1, 0.15) is 38.5 Å². The summed E-state index contributed by atoms with van der Waals surface area (Å²) in [6.07, 6.45) is 4.23. The van der Waals surface area contributed by atoms with Crippen LogP contribution in [0.2, 0.25) is 0 Å². The minimum atomic E-state index is -0.709. The van der Waals surface area contributed by atoms with E-state index in [2.05, 4.69) is 77.6 Å². The average molecular weight is 803 g/mol. The molecule has 0 aromatic heterocycles. The first-order chi connectivity index (χ1) is 28.8. The smallest absolute Gasteiger partial charge is 0.407 e. The van der Waals surface area contributed by atoms with Crippen molar-refractivity contribution in [2.75, 3.05) is 46.6 Å². The van der Waals surface area contributed by atoms with Gasteiger partial charge < -0.3 is 40.6 Å². The third-order valence-corrected chi connectivity index (χ3v) is 10.2. The molecule has 6 rings (SSSR count). The van der Waals surface area contributed by atoms with Crippen molar-refractivity contribution >= 4 is 24.1 Å². The van der Waals surface area contributed by atoms with E-state index in [-0.39, 0.29) is 44.2 Å². The molecule has 2 amide bonds. The van der Waals surface area contributed by atoms with E-state index in [0.29, 0.717) is 38.8 Å². The second-order valence-electron chi connectivity index (χ2n) is 14.1. The zero-order chi connectivity index (χ0) is 42.0. The number of hydrogen-bond acceptors (Lipinski definition) is 10. The Morgan fingerprint density at radius 3 is 1.36 bits per heavy atom. The molecule has 0 fully saturated rings. The highest BCUT2D eigenvalue weighted by Crippen LogP contribution is 2.45. The van der Waals surface area contributed by atoms with Gasteiger partial charge in [0.15, 0.2) is 0 Å². The summed E-state index contributed by atoms with van der Waals surface area (Å²) >= 11 is 0. The fraction of sp³-hybridized carbons (Fsp3) is 0.319. The zero-order valence-corrected chi connectivity index (χ0v) is 33.5. The second-order valence-corrected chi connectivity index (χ2v) is 14.1. The Morgan fingerprint density at radius 2 is 0.966 bits per heavy atom. The van der Waals surface area contributed by atoms with E-state index >= 15 is 0 Å². The summed E-state index contributed by atoms with van der Waals surface area (Å²) in [6.45, 7) is 8.69. The number of esters is 2. The van der Waals surface area contributed by atoms with Crippen molar-refractivity contribution in [3.05, 3.63) is 145 Å². The van der Waals surface area contributed by atoms with Crippen molar-refractivity contribution < 1.29 is 38.1 Å². The van der Waals surface area contributed by atoms with E-state index in [1.54, 1.807) is 7.05 Å². The first-order valence-electron chi connectivity index (χ1n) is 19.9. The molecular formula is C47H54N4O8. The van der Waals surface area contributed by atoms with Gasteiger partial charge in [0.25, 0.3) is 0 Å². The molecule has 0 saturated carbocycles. The quantitative estimate of drug-likeness (QED) is 0.0336. The summed E-state index contributed by atoms with van der Waals surface area (Å²) in [4.78, 5) is 47.7. The van der Waals surface area contributed by atoms with Gasteiger partial charge in [0, 0.05) is 24.9 Å². The van der Waals surface area contributed by atoms with Crippen LogP contribution in [0, 0.1) is 0 Å². The molecule has 2 atom stereocenters. The number of nitrogens with one attached hydrogen (secondary N) is 3. The molecule has 0 aliphatic heterocycles. The summed E-state index contributed by atoms with van der Waals surface area (Å²) in [5.74, 6) is -0.720. The van der Waals surface area contributed by atoms with Crippen molar-refractivity contribution in [2.45, 2.75) is 49.6 Å². The Labute approximate surface area is 346 Å². The van der Waals surface area contributed by atoms with Gasteiger partial charge in [-0.2, -0.15) is 0 Å². The van der Waals surface area contributed by atoms with Crippen LogP contribution in [-0.4, -0.2) is 82.8 Å². The van der Waals surface area contributed by atoms with Gasteiger partial charge in [0.2, 0.25) is 0 Å². The molecule has 12 nitrogen and oxygen atoms in total. The number of ether oxygens (including phenoxy) is 4. The molecule has 12 heteroatoms. The number of carbonyl (C=O) groups is 4. The minimum Gasteiger partial charge on any atom is -0.460 e. The molecule has 0 radical (unpaired) electrons. The van der Waals surface area contributed by atoms with E-state index in [4.69, 9.17) is 24.7 Å². The van der Waals surface area contributed by atoms with Crippen molar-refractivity contribution in [1.29, 1.82) is 0 Å². The fourth-order valence-corrected chi connectivity index (χ4v) is 7.30. The molecular weight excluding hydrogens is 749 g/mol. The van der Waals surface area contributed by atoms with E-state index in [1.807, 2.05) is 48.5 Å². The lowest BCUT2D eigenvalue weighted by molar-refractivity contribution is -0.145. The van der Waals surface area contributed by atoms with E-state index < -0.39 is 30.2 Å². The molecule has 5 N–H and O–H groups in total. The van der Waals surface area contributed by atoms with E-state index in [9.17, 15) is 19.2 Å². The Morgan fingerprint density at radius 1 is 0.593 bits per heavy atom. The van der Waals surface area contributed by atoms with E-state index in [0.717, 1.165) is 0 Å². The molecule has 0 heterocycles. The number of alkyl carbamates (subject to hydrolysis) is 2. The molecule has 59 heavy (non-hydrogen) atoms. The second kappa shape index (κ2) is 22.6. The topological polar surface area (TPSA) is 167 Å². The van der Waals surface area contributed by atoms with Crippen LogP contribution in [0.3, 0.4) is 0 Å². The van der Waals surface area contributed by atoms with Gasteiger partial charge in [-0.05, 0) is 77.2 Å². The van der Waals surface area contributed by atoms with Gasteiger partial charge in [-0.1, -0.05) is 122 Å². The Kier molecular flexibility index (Phi) is 16.8. The number of amides is 2. The molecule has 310 valence electrons. The van der Waals surface area contributed by atoms with Gasteiger partial charge >= 0.3 is 24.1 Å². The molecule has 0 saturated heterocycles. The Balaban J connectivity index is 0.000000224. The summed E-state index contributed by atoms with van der Waals surface area (Å²) < 4.78 is 20.9. The summed E-state index contributed by atoms with van der Waals surface area (Å²) in [5.41, 5.74) is 15.2.